The SMILES string of the molecule is O=C(Nc1ccc2[nH]ncc2c1)[C@@H]1CCCN1C(=O)C(O)c1ccc(C(F)(F)F)cc1. The maximum atomic E-state index is 12.8. The summed E-state index contributed by atoms with van der Waals surface area (Å²) in [4.78, 5) is 26.9. The van der Waals surface area contributed by atoms with Crippen LogP contribution in [0.1, 0.15) is 30.1 Å². The molecule has 4 rings (SSSR count). The van der Waals surface area contributed by atoms with E-state index in [0.29, 0.717) is 18.5 Å². The summed E-state index contributed by atoms with van der Waals surface area (Å²) < 4.78 is 38.2. The van der Waals surface area contributed by atoms with Gasteiger partial charge in [-0.25, -0.2) is 0 Å². The summed E-state index contributed by atoms with van der Waals surface area (Å²) in [5.74, 6) is -1.11. The van der Waals surface area contributed by atoms with Crippen LogP contribution in [0, 0.1) is 0 Å². The molecule has 1 aromatic heterocycles. The molecule has 10 heteroatoms. The Kier molecular flexibility index (Phi) is 5.40. The summed E-state index contributed by atoms with van der Waals surface area (Å²) in [5.41, 5.74) is 0.523. The third kappa shape index (κ3) is 4.24. The number of halogens is 3. The smallest absolute Gasteiger partial charge is 0.378 e. The third-order valence-corrected chi connectivity index (χ3v) is 5.33. The van der Waals surface area contributed by atoms with Crippen LogP contribution >= 0.6 is 0 Å². The maximum absolute atomic E-state index is 12.8. The number of rotatable bonds is 4. The molecular formula is C21H19F3N4O3. The lowest BCUT2D eigenvalue weighted by molar-refractivity contribution is -0.144. The van der Waals surface area contributed by atoms with Gasteiger partial charge in [0.15, 0.2) is 6.10 Å². The van der Waals surface area contributed by atoms with Crippen molar-refractivity contribution in [2.45, 2.75) is 31.2 Å². The number of alkyl halides is 3. The van der Waals surface area contributed by atoms with E-state index in [1.807, 2.05) is 0 Å². The van der Waals surface area contributed by atoms with Gasteiger partial charge in [0.25, 0.3) is 5.91 Å². The molecule has 2 heterocycles. The van der Waals surface area contributed by atoms with Crippen molar-refractivity contribution in [2.24, 2.45) is 0 Å². The molecule has 31 heavy (non-hydrogen) atoms. The zero-order valence-electron chi connectivity index (χ0n) is 16.2. The second kappa shape index (κ2) is 8.03. The van der Waals surface area contributed by atoms with Crippen molar-refractivity contribution in [3.63, 3.8) is 0 Å². The fraction of sp³-hybridized carbons (Fsp3) is 0.286. The highest BCUT2D eigenvalue weighted by molar-refractivity contribution is 5.99. The van der Waals surface area contributed by atoms with Crippen molar-refractivity contribution in [3.8, 4) is 0 Å². The van der Waals surface area contributed by atoms with Gasteiger partial charge in [0.05, 0.1) is 17.3 Å². The minimum atomic E-state index is -4.51. The Bertz CT molecular complexity index is 1110. The number of benzene rings is 2. The summed E-state index contributed by atoms with van der Waals surface area (Å²) in [6.07, 6.45) is -3.55. The molecule has 3 N–H and O–H groups in total. The molecule has 3 aromatic rings. The van der Waals surface area contributed by atoms with E-state index in [0.717, 1.165) is 35.2 Å². The lowest BCUT2D eigenvalue weighted by atomic mass is 10.0. The number of H-pyrrole nitrogens is 1. The third-order valence-electron chi connectivity index (χ3n) is 5.33. The molecule has 2 amide bonds. The molecule has 1 unspecified atom stereocenters. The van der Waals surface area contributed by atoms with E-state index in [4.69, 9.17) is 0 Å². The molecule has 1 aliphatic heterocycles. The molecule has 0 spiro atoms. The first kappa shape index (κ1) is 20.9. The van der Waals surface area contributed by atoms with Gasteiger partial charge in [0.2, 0.25) is 5.91 Å². The number of carbonyl (C=O) groups is 2. The lowest BCUT2D eigenvalue weighted by Crippen LogP contribution is -2.45. The van der Waals surface area contributed by atoms with Gasteiger partial charge < -0.3 is 15.3 Å². The molecular weight excluding hydrogens is 413 g/mol. The molecule has 0 aliphatic carbocycles. The van der Waals surface area contributed by atoms with Crippen LogP contribution < -0.4 is 5.32 Å². The van der Waals surface area contributed by atoms with Crippen molar-refractivity contribution in [1.29, 1.82) is 0 Å². The lowest BCUT2D eigenvalue weighted by Gasteiger charge is -2.26. The number of aliphatic hydroxyl groups excluding tert-OH is 1. The highest BCUT2D eigenvalue weighted by atomic mass is 19.4. The van der Waals surface area contributed by atoms with Crippen LogP contribution in [-0.4, -0.2) is 44.6 Å². The van der Waals surface area contributed by atoms with Gasteiger partial charge in [-0.05, 0) is 48.7 Å². The Labute approximate surface area is 174 Å². The van der Waals surface area contributed by atoms with Crippen molar-refractivity contribution in [3.05, 3.63) is 59.8 Å². The number of hydrogen-bond donors (Lipinski definition) is 3. The molecule has 7 nitrogen and oxygen atoms in total. The van der Waals surface area contributed by atoms with Crippen molar-refractivity contribution < 1.29 is 27.9 Å². The standard InChI is InChI=1S/C21H19F3N4O3/c22-21(23,24)14-5-3-12(4-6-14)18(29)20(31)28-9-1-2-17(28)19(30)26-15-7-8-16-13(10-15)11-25-27-16/h3-8,10-11,17-18,29H,1-2,9H2,(H,25,27)(H,26,30)/t17-,18?/m0/s1. The normalized spacial score (nSPS) is 17.7. The van der Waals surface area contributed by atoms with Crippen LogP contribution in [0.5, 0.6) is 0 Å². The second-order valence-electron chi connectivity index (χ2n) is 7.37. The van der Waals surface area contributed by atoms with Crippen LogP contribution in [-0.2, 0) is 15.8 Å². The van der Waals surface area contributed by atoms with E-state index >= 15 is 0 Å². The number of likely N-dealkylation sites (tertiary alicyclic amines) is 1. The molecule has 1 aliphatic rings. The Hall–Kier alpha value is -3.40. The van der Waals surface area contributed by atoms with E-state index < -0.39 is 35.7 Å². The van der Waals surface area contributed by atoms with Crippen LogP contribution in [0.25, 0.3) is 10.9 Å². The predicted molar refractivity (Wildman–Crippen MR) is 106 cm³/mol. The summed E-state index contributed by atoms with van der Waals surface area (Å²) in [6, 6.07) is 8.19. The molecule has 2 aromatic carbocycles. The van der Waals surface area contributed by atoms with Gasteiger partial charge in [0.1, 0.15) is 6.04 Å². The van der Waals surface area contributed by atoms with E-state index in [1.165, 1.54) is 4.90 Å². The number of aromatic amines is 1. The first-order chi connectivity index (χ1) is 14.7. The van der Waals surface area contributed by atoms with Crippen molar-refractivity contribution in [2.75, 3.05) is 11.9 Å². The predicted octanol–water partition coefficient (Wildman–Crippen LogP) is 3.24. The minimum absolute atomic E-state index is 0.0365. The number of hydrogen-bond acceptors (Lipinski definition) is 4. The van der Waals surface area contributed by atoms with Gasteiger partial charge in [-0.1, -0.05) is 12.1 Å². The van der Waals surface area contributed by atoms with Crippen molar-refractivity contribution >= 4 is 28.4 Å². The van der Waals surface area contributed by atoms with Crippen LogP contribution in [0.4, 0.5) is 18.9 Å². The van der Waals surface area contributed by atoms with E-state index in [-0.39, 0.29) is 12.1 Å². The molecule has 2 atom stereocenters. The monoisotopic (exact) mass is 432 g/mol. The molecule has 1 fully saturated rings. The highest BCUT2D eigenvalue weighted by Crippen LogP contribution is 2.31. The number of nitrogens with one attached hydrogen (secondary N) is 2. The molecule has 1 saturated heterocycles. The van der Waals surface area contributed by atoms with Gasteiger partial charge in [-0.15, -0.1) is 0 Å². The van der Waals surface area contributed by atoms with Gasteiger partial charge in [-0.3, -0.25) is 14.7 Å². The number of nitrogens with zero attached hydrogens (tertiary/aromatic N) is 2. The summed E-state index contributed by atoms with van der Waals surface area (Å²) in [6.45, 7) is 0.273. The average molecular weight is 432 g/mol. The van der Waals surface area contributed by atoms with Gasteiger partial charge in [0, 0.05) is 17.6 Å². The number of amides is 2. The summed E-state index contributed by atoms with van der Waals surface area (Å²) >= 11 is 0. The number of aliphatic hydroxyl groups is 1. The van der Waals surface area contributed by atoms with E-state index in [9.17, 15) is 27.9 Å². The first-order valence-electron chi connectivity index (χ1n) is 9.64. The minimum Gasteiger partial charge on any atom is -0.378 e. The number of aromatic nitrogens is 2. The van der Waals surface area contributed by atoms with E-state index in [1.54, 1.807) is 24.4 Å². The van der Waals surface area contributed by atoms with Crippen LogP contribution in [0.15, 0.2) is 48.7 Å². The van der Waals surface area contributed by atoms with Crippen LogP contribution in [0.3, 0.4) is 0 Å². The zero-order valence-corrected chi connectivity index (χ0v) is 16.2. The Morgan fingerprint density at radius 3 is 2.65 bits per heavy atom. The van der Waals surface area contributed by atoms with Gasteiger partial charge in [-0.2, -0.15) is 18.3 Å². The number of anilines is 1. The van der Waals surface area contributed by atoms with Crippen molar-refractivity contribution in [1.82, 2.24) is 15.1 Å². The molecule has 0 bridgehead atoms. The Morgan fingerprint density at radius 2 is 1.94 bits per heavy atom. The second-order valence-corrected chi connectivity index (χ2v) is 7.37. The number of fused-ring (bicyclic) bond motifs is 1. The topological polar surface area (TPSA) is 98.3 Å². The maximum Gasteiger partial charge on any atom is 0.416 e. The number of carbonyl (C=O) groups excluding carboxylic acids is 2. The summed E-state index contributed by atoms with van der Waals surface area (Å²) in [7, 11) is 0. The van der Waals surface area contributed by atoms with E-state index in [2.05, 4.69) is 15.5 Å². The fourth-order valence-electron chi connectivity index (χ4n) is 3.70. The Morgan fingerprint density at radius 1 is 1.19 bits per heavy atom. The molecule has 0 radical (unpaired) electrons. The molecule has 162 valence electrons. The largest absolute Gasteiger partial charge is 0.416 e. The highest BCUT2D eigenvalue weighted by Gasteiger charge is 2.37. The zero-order chi connectivity index (χ0) is 22.2. The fourth-order valence-corrected chi connectivity index (χ4v) is 3.70. The summed E-state index contributed by atoms with van der Waals surface area (Å²) in [5, 5.41) is 20.7. The van der Waals surface area contributed by atoms with Gasteiger partial charge >= 0.3 is 6.18 Å². The van der Waals surface area contributed by atoms with Crippen LogP contribution in [0.2, 0.25) is 0 Å². The molecule has 0 saturated carbocycles. The Balaban J connectivity index is 1.46. The average Bonchev–Trinajstić information content (AvgIpc) is 3.41. The first-order valence-corrected chi connectivity index (χ1v) is 9.64. The quantitative estimate of drug-likeness (QED) is 0.590.